The van der Waals surface area contributed by atoms with E-state index in [1.165, 1.54) is 5.56 Å². The minimum Gasteiger partial charge on any atom is -0.368 e. The largest absolute Gasteiger partial charge is 0.368 e. The molecule has 0 atom stereocenters. The number of urea groups is 1. The number of fused-ring (bicyclic) bond motifs is 2. The van der Waals surface area contributed by atoms with Crippen molar-refractivity contribution in [1.82, 2.24) is 4.90 Å². The van der Waals surface area contributed by atoms with E-state index in [0.717, 1.165) is 78.1 Å². The van der Waals surface area contributed by atoms with Gasteiger partial charge in [-0.25, -0.2) is 4.79 Å². The number of nitrogens with one attached hydrogen (secondary N) is 1. The Bertz CT molecular complexity index is 1050. The number of amides is 2. The fourth-order valence-electron chi connectivity index (χ4n) is 4.87. The van der Waals surface area contributed by atoms with Gasteiger partial charge in [0.1, 0.15) is 0 Å². The van der Waals surface area contributed by atoms with E-state index in [1.54, 1.807) is 0 Å². The average Bonchev–Trinajstić information content (AvgIpc) is 3.17. The Labute approximate surface area is 191 Å². The van der Waals surface area contributed by atoms with Gasteiger partial charge in [0.2, 0.25) is 0 Å². The van der Waals surface area contributed by atoms with E-state index in [1.807, 2.05) is 23.1 Å². The highest BCUT2D eigenvalue weighted by atomic mass is 79.9. The van der Waals surface area contributed by atoms with Crippen molar-refractivity contribution >= 4 is 44.8 Å². The van der Waals surface area contributed by atoms with E-state index in [2.05, 4.69) is 50.2 Å². The first-order valence-electron chi connectivity index (χ1n) is 11.0. The number of ketones is 1. The first-order chi connectivity index (χ1) is 15.0. The number of piperazine rings is 1. The molecule has 0 aromatic heterocycles. The number of nitrogens with zero attached hydrogens (tertiary/aromatic N) is 3. The van der Waals surface area contributed by atoms with Crippen LogP contribution in [0, 0.1) is 0 Å². The number of carbonyl (C=O) groups excluding carboxylic acids is 2. The summed E-state index contributed by atoms with van der Waals surface area (Å²) < 4.78 is 1.09. The minimum absolute atomic E-state index is 0.128. The van der Waals surface area contributed by atoms with Crippen molar-refractivity contribution < 1.29 is 9.59 Å². The first-order valence-corrected chi connectivity index (χ1v) is 11.8. The summed E-state index contributed by atoms with van der Waals surface area (Å²) in [6.07, 6.45) is 3.10. The number of rotatable bonds is 2. The highest BCUT2D eigenvalue weighted by Gasteiger charge is 2.29. The Hall–Kier alpha value is -2.38. The van der Waals surface area contributed by atoms with Gasteiger partial charge in [0, 0.05) is 54.9 Å². The molecule has 162 valence electrons. The van der Waals surface area contributed by atoms with Gasteiger partial charge < -0.3 is 15.1 Å². The zero-order valence-electron chi connectivity index (χ0n) is 17.8. The summed E-state index contributed by atoms with van der Waals surface area (Å²) in [7, 11) is 2.15. The van der Waals surface area contributed by atoms with Crippen LogP contribution in [0.5, 0.6) is 0 Å². The third-order valence-electron chi connectivity index (χ3n) is 6.68. The van der Waals surface area contributed by atoms with Crippen LogP contribution in [-0.2, 0) is 12.8 Å². The second kappa shape index (κ2) is 8.28. The molecule has 31 heavy (non-hydrogen) atoms. The third-order valence-corrected chi connectivity index (χ3v) is 7.32. The summed E-state index contributed by atoms with van der Waals surface area (Å²) in [6, 6.07) is 9.83. The van der Waals surface area contributed by atoms with Gasteiger partial charge in [0.25, 0.3) is 0 Å². The molecule has 0 spiro atoms. The predicted molar refractivity (Wildman–Crippen MR) is 128 cm³/mol. The molecule has 2 aromatic carbocycles. The Morgan fingerprint density at radius 1 is 1.00 bits per heavy atom. The predicted octanol–water partition coefficient (Wildman–Crippen LogP) is 4.31. The van der Waals surface area contributed by atoms with Gasteiger partial charge in [-0.3, -0.25) is 9.69 Å². The maximum atomic E-state index is 13.3. The van der Waals surface area contributed by atoms with Gasteiger partial charge in [-0.15, -0.1) is 0 Å². The van der Waals surface area contributed by atoms with Crippen LogP contribution in [-0.4, -0.2) is 56.5 Å². The highest BCUT2D eigenvalue weighted by molar-refractivity contribution is 9.10. The van der Waals surface area contributed by atoms with Crippen LogP contribution in [0.3, 0.4) is 0 Å². The first kappa shape index (κ1) is 20.5. The molecule has 0 radical (unpaired) electrons. The molecule has 2 amide bonds. The lowest BCUT2D eigenvalue weighted by molar-refractivity contribution is 0.0972. The Morgan fingerprint density at radius 3 is 2.61 bits per heavy atom. The fourth-order valence-corrected chi connectivity index (χ4v) is 5.52. The van der Waals surface area contributed by atoms with Crippen molar-refractivity contribution in [3.05, 3.63) is 51.5 Å². The van der Waals surface area contributed by atoms with E-state index >= 15 is 0 Å². The summed E-state index contributed by atoms with van der Waals surface area (Å²) in [4.78, 5) is 32.1. The van der Waals surface area contributed by atoms with E-state index in [9.17, 15) is 9.59 Å². The lowest BCUT2D eigenvalue weighted by Gasteiger charge is -2.35. The number of likely N-dealkylation sites (N-methyl/N-ethyl adjacent to an activating group) is 1. The Kier molecular flexibility index (Phi) is 5.48. The fraction of sp³-hybridized carbons (Fsp3) is 0.417. The molecule has 0 saturated carbocycles. The van der Waals surface area contributed by atoms with Gasteiger partial charge in [-0.05, 0) is 71.6 Å². The lowest BCUT2D eigenvalue weighted by atomic mass is 9.89. The topological polar surface area (TPSA) is 55.9 Å². The zero-order valence-corrected chi connectivity index (χ0v) is 19.4. The Balaban J connectivity index is 1.40. The molecular weight excluding hydrogens is 456 g/mol. The molecule has 7 heteroatoms. The van der Waals surface area contributed by atoms with Crippen molar-refractivity contribution in [2.24, 2.45) is 0 Å². The summed E-state index contributed by atoms with van der Waals surface area (Å²) in [5, 5.41) is 3.10. The molecule has 2 aromatic rings. The van der Waals surface area contributed by atoms with Crippen molar-refractivity contribution in [3.63, 3.8) is 0 Å². The number of Topliss-reactive ketones (excluding diaryl/α,β-unsaturated/α-hetero) is 1. The van der Waals surface area contributed by atoms with Crippen LogP contribution in [0.2, 0.25) is 0 Å². The van der Waals surface area contributed by atoms with Gasteiger partial charge >= 0.3 is 6.03 Å². The van der Waals surface area contributed by atoms with E-state index in [0.29, 0.717) is 13.0 Å². The molecule has 1 fully saturated rings. The number of anilines is 3. The average molecular weight is 483 g/mol. The molecule has 6 nitrogen and oxygen atoms in total. The maximum absolute atomic E-state index is 13.3. The van der Waals surface area contributed by atoms with Crippen molar-refractivity contribution in [3.8, 4) is 0 Å². The van der Waals surface area contributed by atoms with Crippen molar-refractivity contribution in [2.45, 2.75) is 25.7 Å². The molecule has 0 bridgehead atoms. The standard InChI is InChI=1S/C24H27BrN4O2/c1-27-10-12-28(13-11-27)22-15-21-16(14-19(22)25)8-9-29(21)24(31)26-20-6-2-5-18-17(20)4-3-7-23(18)30/h2,5-6,14-15H,3-4,7-13H2,1H3,(H,26,31). The smallest absolute Gasteiger partial charge is 0.326 e. The second-order valence-electron chi connectivity index (χ2n) is 8.66. The molecular formula is C24H27BrN4O2. The number of hydrogen-bond acceptors (Lipinski definition) is 4. The van der Waals surface area contributed by atoms with Crippen LogP contribution < -0.4 is 15.1 Å². The number of hydrogen-bond donors (Lipinski definition) is 1. The SMILES string of the molecule is CN1CCN(c2cc3c(cc2Br)CCN3C(=O)Nc2cccc3c2CCCC3=O)CC1. The quantitative estimate of drug-likeness (QED) is 0.692. The summed E-state index contributed by atoms with van der Waals surface area (Å²) in [5.74, 6) is 0.172. The zero-order chi connectivity index (χ0) is 21.5. The van der Waals surface area contributed by atoms with E-state index in [4.69, 9.17) is 0 Å². The van der Waals surface area contributed by atoms with Crippen LogP contribution in [0.25, 0.3) is 0 Å². The summed E-state index contributed by atoms with van der Waals surface area (Å²) >= 11 is 3.75. The van der Waals surface area contributed by atoms with Gasteiger partial charge in [0.15, 0.2) is 5.78 Å². The second-order valence-corrected chi connectivity index (χ2v) is 9.52. The molecule has 3 aliphatic rings. The molecule has 5 rings (SSSR count). The lowest BCUT2D eigenvalue weighted by Crippen LogP contribution is -2.44. The maximum Gasteiger partial charge on any atom is 0.326 e. The van der Waals surface area contributed by atoms with Crippen molar-refractivity contribution in [1.29, 1.82) is 0 Å². The van der Waals surface area contributed by atoms with Crippen LogP contribution in [0.4, 0.5) is 21.9 Å². The van der Waals surface area contributed by atoms with E-state index < -0.39 is 0 Å². The molecule has 1 N–H and O–H groups in total. The highest BCUT2D eigenvalue weighted by Crippen LogP contribution is 2.38. The molecule has 1 aliphatic carbocycles. The minimum atomic E-state index is -0.128. The summed E-state index contributed by atoms with van der Waals surface area (Å²) in [6.45, 7) is 4.68. The number of benzene rings is 2. The molecule has 2 heterocycles. The number of carbonyl (C=O) groups is 2. The van der Waals surface area contributed by atoms with Crippen LogP contribution >= 0.6 is 15.9 Å². The molecule has 0 unspecified atom stereocenters. The van der Waals surface area contributed by atoms with Crippen molar-refractivity contribution in [2.75, 3.05) is 54.9 Å². The Morgan fingerprint density at radius 2 is 1.81 bits per heavy atom. The van der Waals surface area contributed by atoms with Crippen LogP contribution in [0.15, 0.2) is 34.8 Å². The van der Waals surface area contributed by atoms with Gasteiger partial charge in [-0.1, -0.05) is 12.1 Å². The normalized spacial score (nSPS) is 18.7. The third kappa shape index (κ3) is 3.85. The van der Waals surface area contributed by atoms with Crippen LogP contribution in [0.1, 0.15) is 34.3 Å². The van der Waals surface area contributed by atoms with Gasteiger partial charge in [-0.2, -0.15) is 0 Å². The number of halogens is 1. The van der Waals surface area contributed by atoms with Gasteiger partial charge in [0.05, 0.1) is 11.4 Å². The molecule has 1 saturated heterocycles. The monoisotopic (exact) mass is 482 g/mol. The van der Waals surface area contributed by atoms with E-state index in [-0.39, 0.29) is 11.8 Å². The molecule has 2 aliphatic heterocycles. The summed E-state index contributed by atoms with van der Waals surface area (Å²) in [5.41, 5.74) is 5.81.